The van der Waals surface area contributed by atoms with Gasteiger partial charge in [-0.15, -0.1) is 0 Å². The van der Waals surface area contributed by atoms with Crippen molar-refractivity contribution < 1.29 is 23.0 Å². The second kappa shape index (κ2) is 6.54. The molecule has 2 aliphatic heterocycles. The first-order chi connectivity index (χ1) is 13.6. The van der Waals surface area contributed by atoms with Crippen LogP contribution in [0.15, 0.2) is 36.4 Å². The van der Waals surface area contributed by atoms with E-state index in [0.717, 1.165) is 6.07 Å². The fourth-order valence-electron chi connectivity index (χ4n) is 4.11. The van der Waals surface area contributed by atoms with Crippen LogP contribution in [0.25, 0.3) is 0 Å². The minimum Gasteiger partial charge on any atom is -0.486 e. The number of urea groups is 1. The molecule has 2 heterocycles. The normalized spacial score (nSPS) is 24.5. The van der Waals surface area contributed by atoms with Gasteiger partial charge in [0.25, 0.3) is 0 Å². The number of fused-ring (bicyclic) bond motifs is 2. The summed E-state index contributed by atoms with van der Waals surface area (Å²) in [5, 5.41) is 5.79. The Kier molecular flexibility index (Phi) is 3.99. The molecule has 0 aromatic heterocycles. The summed E-state index contributed by atoms with van der Waals surface area (Å²) in [5.74, 6) is 0.695. The highest BCUT2D eigenvalue weighted by Gasteiger charge is 2.56. The number of nitrogens with one attached hydrogen (secondary N) is 2. The van der Waals surface area contributed by atoms with Crippen LogP contribution < -0.4 is 25.0 Å². The standard InChI is InChI=1S/C20H19F2N3O3/c21-11-1-3-16(15(22)7-11)25-9-13-14(10-25)19(13)24-20(26)23-12-2-4-17-18(8-12)28-6-5-27-17/h1-4,7-8,13-14,19H,5-6,9-10H2,(H2,23,24,26)/t13-,14+,19+. The molecule has 0 unspecified atom stereocenters. The van der Waals surface area contributed by atoms with E-state index < -0.39 is 11.6 Å². The molecule has 2 aromatic carbocycles. The van der Waals surface area contributed by atoms with Crippen molar-refractivity contribution in [1.29, 1.82) is 0 Å². The third-order valence-corrected chi connectivity index (χ3v) is 5.54. The van der Waals surface area contributed by atoms with E-state index in [-0.39, 0.29) is 23.9 Å². The van der Waals surface area contributed by atoms with Gasteiger partial charge in [0, 0.05) is 48.8 Å². The number of hydrogen-bond donors (Lipinski definition) is 2. The highest BCUT2D eigenvalue weighted by molar-refractivity contribution is 5.90. The molecule has 2 N–H and O–H groups in total. The lowest BCUT2D eigenvalue weighted by molar-refractivity contribution is 0.171. The summed E-state index contributed by atoms with van der Waals surface area (Å²) in [6.07, 6.45) is 0. The van der Waals surface area contributed by atoms with Crippen LogP contribution in [0.1, 0.15) is 0 Å². The van der Waals surface area contributed by atoms with Gasteiger partial charge in [-0.3, -0.25) is 0 Å². The van der Waals surface area contributed by atoms with Crippen LogP contribution in [0.5, 0.6) is 11.5 Å². The van der Waals surface area contributed by atoms with Crippen LogP contribution in [-0.4, -0.2) is 38.4 Å². The summed E-state index contributed by atoms with van der Waals surface area (Å²) < 4.78 is 38.0. The van der Waals surface area contributed by atoms with Crippen molar-refractivity contribution in [1.82, 2.24) is 5.32 Å². The molecule has 0 radical (unpaired) electrons. The molecule has 6 nitrogen and oxygen atoms in total. The van der Waals surface area contributed by atoms with Crippen LogP contribution >= 0.6 is 0 Å². The molecule has 8 heteroatoms. The van der Waals surface area contributed by atoms with Crippen molar-refractivity contribution in [2.24, 2.45) is 11.8 Å². The van der Waals surface area contributed by atoms with E-state index in [1.165, 1.54) is 12.1 Å². The van der Waals surface area contributed by atoms with E-state index in [1.54, 1.807) is 18.2 Å². The molecule has 1 saturated carbocycles. The molecule has 1 aliphatic carbocycles. The largest absolute Gasteiger partial charge is 0.486 e. The van der Waals surface area contributed by atoms with Crippen LogP contribution in [-0.2, 0) is 0 Å². The molecule has 2 fully saturated rings. The number of nitrogens with zero attached hydrogens (tertiary/aromatic N) is 1. The minimum atomic E-state index is -0.582. The van der Waals surface area contributed by atoms with Crippen molar-refractivity contribution >= 4 is 17.4 Å². The predicted molar refractivity (Wildman–Crippen MR) is 98.9 cm³/mol. The lowest BCUT2D eigenvalue weighted by Crippen LogP contribution is -2.37. The number of halogens is 2. The van der Waals surface area contributed by atoms with Gasteiger partial charge in [0.15, 0.2) is 11.5 Å². The van der Waals surface area contributed by atoms with Crippen molar-refractivity contribution in [3.63, 3.8) is 0 Å². The Hall–Kier alpha value is -3.03. The number of anilines is 2. The van der Waals surface area contributed by atoms with E-state index >= 15 is 0 Å². The molecule has 1 saturated heterocycles. The summed E-state index contributed by atoms with van der Waals surface area (Å²) in [7, 11) is 0. The smallest absolute Gasteiger partial charge is 0.319 e. The molecule has 3 atom stereocenters. The Morgan fingerprint density at radius 3 is 2.50 bits per heavy atom. The Labute approximate surface area is 160 Å². The van der Waals surface area contributed by atoms with Gasteiger partial charge in [-0.2, -0.15) is 0 Å². The van der Waals surface area contributed by atoms with Gasteiger partial charge in [-0.1, -0.05) is 0 Å². The van der Waals surface area contributed by atoms with Crippen molar-refractivity contribution in [3.8, 4) is 11.5 Å². The third-order valence-electron chi connectivity index (χ3n) is 5.54. The molecule has 146 valence electrons. The highest BCUT2D eigenvalue weighted by Crippen LogP contribution is 2.47. The molecular weight excluding hydrogens is 368 g/mol. The monoisotopic (exact) mass is 387 g/mol. The zero-order chi connectivity index (χ0) is 19.3. The van der Waals surface area contributed by atoms with Crippen LogP contribution in [0.2, 0.25) is 0 Å². The number of rotatable bonds is 3. The van der Waals surface area contributed by atoms with Crippen LogP contribution in [0, 0.1) is 23.5 Å². The number of ether oxygens (including phenoxy) is 2. The number of amides is 2. The van der Waals surface area contributed by atoms with Crippen molar-refractivity contribution in [3.05, 3.63) is 48.0 Å². The van der Waals surface area contributed by atoms with Crippen LogP contribution in [0.4, 0.5) is 25.0 Å². The summed E-state index contributed by atoms with van der Waals surface area (Å²) >= 11 is 0. The lowest BCUT2D eigenvalue weighted by Gasteiger charge is -2.23. The number of carbonyl (C=O) groups is 1. The van der Waals surface area contributed by atoms with Gasteiger partial charge in [-0.25, -0.2) is 13.6 Å². The molecule has 28 heavy (non-hydrogen) atoms. The first-order valence-electron chi connectivity index (χ1n) is 9.25. The summed E-state index contributed by atoms with van der Waals surface area (Å²) in [4.78, 5) is 14.2. The van der Waals surface area contributed by atoms with Gasteiger partial charge in [-0.05, 0) is 24.3 Å². The lowest BCUT2D eigenvalue weighted by atomic mass is 10.2. The topological polar surface area (TPSA) is 62.8 Å². The molecule has 3 aliphatic rings. The molecule has 0 spiro atoms. The average molecular weight is 387 g/mol. The Morgan fingerprint density at radius 2 is 1.75 bits per heavy atom. The summed E-state index contributed by atoms with van der Waals surface area (Å²) in [6.45, 7) is 2.28. The zero-order valence-corrected chi connectivity index (χ0v) is 15.0. The first kappa shape index (κ1) is 17.1. The van der Waals surface area contributed by atoms with E-state index in [2.05, 4.69) is 10.6 Å². The Bertz CT molecular complexity index is 927. The van der Waals surface area contributed by atoms with E-state index in [0.29, 0.717) is 49.2 Å². The van der Waals surface area contributed by atoms with Crippen molar-refractivity contribution in [2.75, 3.05) is 36.5 Å². The minimum absolute atomic E-state index is 0.0666. The molecule has 0 bridgehead atoms. The number of carbonyl (C=O) groups excluding carboxylic acids is 1. The van der Waals surface area contributed by atoms with Gasteiger partial charge in [0.05, 0.1) is 5.69 Å². The molecule has 2 aromatic rings. The highest BCUT2D eigenvalue weighted by atomic mass is 19.1. The summed E-state index contributed by atoms with van der Waals surface area (Å²) in [5.41, 5.74) is 1.04. The maximum atomic E-state index is 13.9. The fourth-order valence-corrected chi connectivity index (χ4v) is 4.11. The maximum Gasteiger partial charge on any atom is 0.319 e. The quantitative estimate of drug-likeness (QED) is 0.850. The molecule has 2 amide bonds. The Morgan fingerprint density at radius 1 is 1.00 bits per heavy atom. The van der Waals surface area contributed by atoms with Gasteiger partial charge in [0.1, 0.15) is 24.8 Å². The van der Waals surface area contributed by atoms with Crippen LogP contribution in [0.3, 0.4) is 0 Å². The zero-order valence-electron chi connectivity index (χ0n) is 15.0. The first-order valence-corrected chi connectivity index (χ1v) is 9.25. The predicted octanol–water partition coefficient (Wildman–Crippen LogP) is 2.99. The summed E-state index contributed by atoms with van der Waals surface area (Å²) in [6, 6.07) is 8.68. The number of hydrogen-bond acceptors (Lipinski definition) is 4. The second-order valence-electron chi connectivity index (χ2n) is 7.31. The van der Waals surface area contributed by atoms with Gasteiger partial charge in [0.2, 0.25) is 0 Å². The number of benzene rings is 2. The Balaban J connectivity index is 1.16. The average Bonchev–Trinajstić information content (AvgIpc) is 3.10. The van der Waals surface area contributed by atoms with Gasteiger partial charge >= 0.3 is 6.03 Å². The second-order valence-corrected chi connectivity index (χ2v) is 7.31. The fraction of sp³-hybridized carbons (Fsp3) is 0.350. The van der Waals surface area contributed by atoms with Crippen molar-refractivity contribution in [2.45, 2.75) is 6.04 Å². The third kappa shape index (κ3) is 3.08. The van der Waals surface area contributed by atoms with E-state index in [1.807, 2.05) is 4.90 Å². The van der Waals surface area contributed by atoms with E-state index in [4.69, 9.17) is 9.47 Å². The molecular formula is C20H19F2N3O3. The molecule has 5 rings (SSSR count). The van der Waals surface area contributed by atoms with E-state index in [9.17, 15) is 13.6 Å². The maximum absolute atomic E-state index is 13.9. The SMILES string of the molecule is O=C(Nc1ccc2c(c1)OCCO2)N[C@H]1[C@@H]2CN(c3ccc(F)cc3F)C[C@@H]21. The number of piperidine rings is 1. The van der Waals surface area contributed by atoms with Gasteiger partial charge < -0.3 is 25.0 Å².